The molecule has 0 aliphatic heterocycles. The van der Waals surface area contributed by atoms with Crippen LogP contribution in [0.5, 0.6) is 0 Å². The number of aromatic amines is 1. The Bertz CT molecular complexity index is 874. The zero-order valence-corrected chi connectivity index (χ0v) is 14.0. The molecule has 0 saturated heterocycles. The van der Waals surface area contributed by atoms with Crippen LogP contribution in [-0.2, 0) is 4.79 Å². The first-order chi connectivity index (χ1) is 11.2. The molecule has 3 aromatic rings. The summed E-state index contributed by atoms with van der Waals surface area (Å²) < 4.78 is 0. The third kappa shape index (κ3) is 3.62. The van der Waals surface area contributed by atoms with Crippen molar-refractivity contribution in [2.75, 3.05) is 5.32 Å². The van der Waals surface area contributed by atoms with Gasteiger partial charge >= 0.3 is 0 Å². The number of anilines is 1. The van der Waals surface area contributed by atoms with Gasteiger partial charge < -0.3 is 10.3 Å². The van der Waals surface area contributed by atoms with Crippen LogP contribution in [0.1, 0.15) is 13.3 Å². The van der Waals surface area contributed by atoms with Crippen LogP contribution in [0, 0.1) is 0 Å². The van der Waals surface area contributed by atoms with Crippen LogP contribution in [-0.4, -0.2) is 21.1 Å². The summed E-state index contributed by atoms with van der Waals surface area (Å²) in [6, 6.07) is 11.1. The lowest BCUT2D eigenvalue weighted by Crippen LogP contribution is -2.25. The number of thiophene rings is 1. The van der Waals surface area contributed by atoms with Gasteiger partial charge in [0, 0.05) is 5.69 Å². The summed E-state index contributed by atoms with van der Waals surface area (Å²) in [5.74, 6) is -0.0994. The average Bonchev–Trinajstić information content (AvgIpc) is 3.02. The molecule has 1 aromatic carbocycles. The monoisotopic (exact) mass is 345 g/mol. The summed E-state index contributed by atoms with van der Waals surface area (Å²) in [7, 11) is 0. The van der Waals surface area contributed by atoms with Gasteiger partial charge in [0.2, 0.25) is 5.91 Å². The van der Waals surface area contributed by atoms with Crippen molar-refractivity contribution in [3.05, 3.63) is 52.1 Å². The molecular formula is C16H15N3O2S2. The van der Waals surface area contributed by atoms with Gasteiger partial charge in [-0.25, -0.2) is 4.98 Å². The van der Waals surface area contributed by atoms with E-state index in [1.165, 1.54) is 23.1 Å². The van der Waals surface area contributed by atoms with Crippen LogP contribution in [0.25, 0.3) is 10.2 Å². The van der Waals surface area contributed by atoms with Crippen molar-refractivity contribution in [1.82, 2.24) is 9.97 Å². The standard InChI is InChI=1S/C16H15N3O2S2/c1-2-12(14(21)17-10-6-4-3-5-7-10)23-16-18-13(20)11-8-9-22-15(11)19-16/h3-9,12H,2H2,1H3,(H,17,21)(H,18,19,20). The number of aromatic nitrogens is 2. The molecule has 2 N–H and O–H groups in total. The Kier molecular flexibility index (Phi) is 4.78. The number of amides is 1. The summed E-state index contributed by atoms with van der Waals surface area (Å²) >= 11 is 2.69. The maximum absolute atomic E-state index is 12.4. The molecule has 0 fully saturated rings. The van der Waals surface area contributed by atoms with Gasteiger partial charge in [0.1, 0.15) is 4.83 Å². The molecule has 5 nitrogen and oxygen atoms in total. The van der Waals surface area contributed by atoms with E-state index in [1.807, 2.05) is 42.6 Å². The lowest BCUT2D eigenvalue weighted by Gasteiger charge is -2.14. The second-order valence-electron chi connectivity index (χ2n) is 4.88. The fraction of sp³-hybridized carbons (Fsp3) is 0.188. The number of benzene rings is 1. The minimum atomic E-state index is -0.323. The van der Waals surface area contributed by atoms with Gasteiger partial charge in [0.25, 0.3) is 5.56 Å². The van der Waals surface area contributed by atoms with Crippen LogP contribution in [0.3, 0.4) is 0 Å². The Morgan fingerprint density at radius 3 is 2.87 bits per heavy atom. The summed E-state index contributed by atoms with van der Waals surface area (Å²) in [5, 5.41) is 5.45. The minimum Gasteiger partial charge on any atom is -0.325 e. The number of carbonyl (C=O) groups excluding carboxylic acids is 1. The average molecular weight is 345 g/mol. The Morgan fingerprint density at radius 2 is 2.13 bits per heavy atom. The molecule has 3 rings (SSSR count). The van der Waals surface area contributed by atoms with E-state index in [-0.39, 0.29) is 16.7 Å². The van der Waals surface area contributed by atoms with Crippen molar-refractivity contribution < 1.29 is 4.79 Å². The molecule has 0 radical (unpaired) electrons. The molecule has 7 heteroatoms. The van der Waals surface area contributed by atoms with Crippen molar-refractivity contribution >= 4 is 44.9 Å². The number of rotatable bonds is 5. The predicted octanol–water partition coefficient (Wildman–Crippen LogP) is 3.49. The second-order valence-corrected chi connectivity index (χ2v) is 6.97. The molecule has 1 unspecified atom stereocenters. The summed E-state index contributed by atoms with van der Waals surface area (Å²) in [6.07, 6.45) is 0.634. The summed E-state index contributed by atoms with van der Waals surface area (Å²) in [5.41, 5.74) is 0.587. The van der Waals surface area contributed by atoms with Crippen LogP contribution in [0.2, 0.25) is 0 Å². The van der Waals surface area contributed by atoms with Crippen molar-refractivity contribution in [3.63, 3.8) is 0 Å². The van der Waals surface area contributed by atoms with Gasteiger partial charge in [0.05, 0.1) is 10.6 Å². The normalized spacial score (nSPS) is 12.2. The number of para-hydroxylation sites is 1. The van der Waals surface area contributed by atoms with Gasteiger partial charge in [-0.3, -0.25) is 9.59 Å². The molecule has 0 saturated carbocycles. The van der Waals surface area contributed by atoms with Crippen LogP contribution in [0.15, 0.2) is 51.7 Å². The van der Waals surface area contributed by atoms with E-state index in [9.17, 15) is 9.59 Å². The molecule has 0 bridgehead atoms. The molecule has 0 aliphatic carbocycles. The van der Waals surface area contributed by atoms with E-state index in [1.54, 1.807) is 6.07 Å². The van der Waals surface area contributed by atoms with E-state index < -0.39 is 0 Å². The van der Waals surface area contributed by atoms with Gasteiger partial charge in [-0.15, -0.1) is 11.3 Å². The van der Waals surface area contributed by atoms with Crippen molar-refractivity contribution in [2.24, 2.45) is 0 Å². The maximum atomic E-state index is 12.4. The van der Waals surface area contributed by atoms with Gasteiger partial charge in [-0.1, -0.05) is 36.9 Å². The Labute approximate surface area is 141 Å². The van der Waals surface area contributed by atoms with Crippen LogP contribution < -0.4 is 10.9 Å². The molecule has 2 aromatic heterocycles. The fourth-order valence-corrected chi connectivity index (χ4v) is 3.82. The molecular weight excluding hydrogens is 330 g/mol. The first-order valence-electron chi connectivity index (χ1n) is 7.17. The lowest BCUT2D eigenvalue weighted by atomic mass is 10.3. The summed E-state index contributed by atoms with van der Waals surface area (Å²) in [6.45, 7) is 1.93. The SMILES string of the molecule is CCC(Sc1nc2sccc2c(=O)[nH]1)C(=O)Nc1ccccc1. The number of H-pyrrole nitrogens is 1. The molecule has 0 spiro atoms. The largest absolute Gasteiger partial charge is 0.325 e. The highest BCUT2D eigenvalue weighted by Crippen LogP contribution is 2.25. The first kappa shape index (κ1) is 15.8. The first-order valence-corrected chi connectivity index (χ1v) is 8.93. The summed E-state index contributed by atoms with van der Waals surface area (Å²) in [4.78, 5) is 32.2. The zero-order chi connectivity index (χ0) is 16.2. The predicted molar refractivity (Wildman–Crippen MR) is 95.2 cm³/mol. The quantitative estimate of drug-likeness (QED) is 0.548. The molecule has 23 heavy (non-hydrogen) atoms. The number of hydrogen-bond acceptors (Lipinski definition) is 5. The Balaban J connectivity index is 1.77. The number of fused-ring (bicyclic) bond motifs is 1. The molecule has 2 heterocycles. The van der Waals surface area contributed by atoms with Crippen LogP contribution in [0.4, 0.5) is 5.69 Å². The van der Waals surface area contributed by atoms with Crippen LogP contribution >= 0.6 is 23.1 Å². The number of nitrogens with one attached hydrogen (secondary N) is 2. The number of carbonyl (C=O) groups is 1. The molecule has 1 amide bonds. The molecule has 0 aliphatic rings. The third-order valence-corrected chi connectivity index (χ3v) is 5.33. The van der Waals surface area contributed by atoms with Gasteiger partial charge in [0.15, 0.2) is 5.16 Å². The van der Waals surface area contributed by atoms with E-state index in [0.29, 0.717) is 21.8 Å². The van der Waals surface area contributed by atoms with Gasteiger partial charge in [-0.05, 0) is 30.0 Å². The lowest BCUT2D eigenvalue weighted by molar-refractivity contribution is -0.115. The smallest absolute Gasteiger partial charge is 0.260 e. The number of thioether (sulfide) groups is 1. The maximum Gasteiger partial charge on any atom is 0.260 e. The topological polar surface area (TPSA) is 74.8 Å². The highest BCUT2D eigenvalue weighted by Gasteiger charge is 2.20. The number of nitrogens with zero attached hydrogens (tertiary/aromatic N) is 1. The molecule has 118 valence electrons. The fourth-order valence-electron chi connectivity index (χ4n) is 2.10. The molecule has 1 atom stereocenters. The van der Waals surface area contributed by atoms with Gasteiger partial charge in [-0.2, -0.15) is 0 Å². The van der Waals surface area contributed by atoms with E-state index in [0.717, 1.165) is 5.69 Å². The van der Waals surface area contributed by atoms with Crippen molar-refractivity contribution in [2.45, 2.75) is 23.8 Å². The minimum absolute atomic E-state index is 0.0994. The van der Waals surface area contributed by atoms with E-state index in [4.69, 9.17) is 0 Å². The second kappa shape index (κ2) is 6.97. The zero-order valence-electron chi connectivity index (χ0n) is 12.4. The Hall–Kier alpha value is -2.12. The highest BCUT2D eigenvalue weighted by molar-refractivity contribution is 8.00. The number of hydrogen-bond donors (Lipinski definition) is 2. The van der Waals surface area contributed by atoms with Crippen molar-refractivity contribution in [1.29, 1.82) is 0 Å². The third-order valence-electron chi connectivity index (χ3n) is 3.27. The van der Waals surface area contributed by atoms with Crippen molar-refractivity contribution in [3.8, 4) is 0 Å². The highest BCUT2D eigenvalue weighted by atomic mass is 32.2. The van der Waals surface area contributed by atoms with E-state index in [2.05, 4.69) is 15.3 Å². The van der Waals surface area contributed by atoms with E-state index >= 15 is 0 Å². The Morgan fingerprint density at radius 1 is 1.35 bits per heavy atom.